The molecule has 0 bridgehead atoms. The first-order valence-electron chi connectivity index (χ1n) is 7.30. The lowest BCUT2D eigenvalue weighted by Gasteiger charge is -2.11. The van der Waals surface area contributed by atoms with Crippen LogP contribution in [0.4, 0.5) is 14.9 Å². The van der Waals surface area contributed by atoms with E-state index in [4.69, 9.17) is 16.3 Å². The monoisotopic (exact) mass is 366 g/mol. The van der Waals surface area contributed by atoms with Crippen LogP contribution in [-0.2, 0) is 4.74 Å². The number of hydrogen-bond acceptors (Lipinski definition) is 4. The molecule has 0 aromatic heterocycles. The second kappa shape index (κ2) is 8.89. The van der Waals surface area contributed by atoms with Crippen LogP contribution in [-0.4, -0.2) is 32.3 Å². The van der Waals surface area contributed by atoms with Crippen LogP contribution in [0, 0.1) is 5.82 Å². The van der Waals surface area contributed by atoms with Gasteiger partial charge in [-0.05, 0) is 30.3 Å². The van der Waals surface area contributed by atoms with Crippen LogP contribution in [0.25, 0.3) is 0 Å². The van der Waals surface area contributed by atoms with E-state index in [-0.39, 0.29) is 29.4 Å². The Morgan fingerprint density at radius 1 is 1.20 bits per heavy atom. The van der Waals surface area contributed by atoms with Gasteiger partial charge in [0.15, 0.2) is 0 Å². The van der Waals surface area contributed by atoms with E-state index in [0.717, 1.165) is 0 Å². The van der Waals surface area contributed by atoms with E-state index in [2.05, 4.69) is 15.4 Å². The number of ether oxygens (including phenoxy) is 2. The minimum atomic E-state index is -0.538. The Morgan fingerprint density at radius 3 is 2.72 bits per heavy atom. The van der Waals surface area contributed by atoms with Crippen LogP contribution in [0.5, 0.6) is 5.75 Å². The lowest BCUT2D eigenvalue weighted by atomic mass is 10.2. The van der Waals surface area contributed by atoms with E-state index in [9.17, 15) is 14.0 Å². The highest BCUT2D eigenvalue weighted by molar-refractivity contribution is 6.33. The van der Waals surface area contributed by atoms with E-state index in [0.29, 0.717) is 5.75 Å². The standard InChI is InChI=1S/C17H16ClFN2O4/c1-24-16(22)11-5-6-14(18)15(9-11)21-17(23)20-7-8-25-13-4-2-3-12(19)10-13/h2-6,9-10H,7-8H2,1H3,(H2,20,21,23). The molecule has 2 amide bonds. The number of esters is 1. The first kappa shape index (κ1) is 18.5. The van der Waals surface area contributed by atoms with Crippen molar-refractivity contribution in [2.24, 2.45) is 0 Å². The molecule has 0 radical (unpaired) electrons. The van der Waals surface area contributed by atoms with Crippen molar-refractivity contribution in [1.82, 2.24) is 5.32 Å². The molecule has 0 saturated heterocycles. The number of halogens is 2. The molecule has 2 aromatic rings. The normalized spacial score (nSPS) is 10.0. The van der Waals surface area contributed by atoms with Gasteiger partial charge in [-0.1, -0.05) is 17.7 Å². The van der Waals surface area contributed by atoms with Gasteiger partial charge in [0, 0.05) is 6.07 Å². The second-order valence-electron chi connectivity index (χ2n) is 4.87. The van der Waals surface area contributed by atoms with Gasteiger partial charge in [-0.2, -0.15) is 0 Å². The number of carbonyl (C=O) groups excluding carboxylic acids is 2. The van der Waals surface area contributed by atoms with Crippen LogP contribution >= 0.6 is 11.6 Å². The molecule has 0 saturated carbocycles. The summed E-state index contributed by atoms with van der Waals surface area (Å²) in [6.45, 7) is 0.351. The zero-order valence-electron chi connectivity index (χ0n) is 13.3. The highest BCUT2D eigenvalue weighted by atomic mass is 35.5. The van der Waals surface area contributed by atoms with E-state index in [1.54, 1.807) is 6.07 Å². The number of rotatable bonds is 6. The van der Waals surface area contributed by atoms with Crippen molar-refractivity contribution in [2.75, 3.05) is 25.6 Å². The highest BCUT2D eigenvalue weighted by Gasteiger charge is 2.11. The molecule has 8 heteroatoms. The van der Waals surface area contributed by atoms with Crippen molar-refractivity contribution < 1.29 is 23.5 Å². The second-order valence-corrected chi connectivity index (χ2v) is 5.28. The topological polar surface area (TPSA) is 76.7 Å². The SMILES string of the molecule is COC(=O)c1ccc(Cl)c(NC(=O)NCCOc2cccc(F)c2)c1. The molecule has 132 valence electrons. The Morgan fingerprint density at radius 2 is 2.00 bits per heavy atom. The van der Waals surface area contributed by atoms with Gasteiger partial charge < -0.3 is 20.1 Å². The zero-order chi connectivity index (χ0) is 18.2. The molecule has 0 aliphatic heterocycles. The number of benzene rings is 2. The third kappa shape index (κ3) is 5.65. The van der Waals surface area contributed by atoms with Gasteiger partial charge in [-0.25, -0.2) is 14.0 Å². The van der Waals surface area contributed by atoms with Gasteiger partial charge >= 0.3 is 12.0 Å². The van der Waals surface area contributed by atoms with E-state index in [1.807, 2.05) is 0 Å². The molecule has 6 nitrogen and oxygen atoms in total. The Balaban J connectivity index is 1.83. The average Bonchev–Trinajstić information content (AvgIpc) is 2.60. The molecule has 0 heterocycles. The van der Waals surface area contributed by atoms with E-state index >= 15 is 0 Å². The van der Waals surface area contributed by atoms with Crippen molar-refractivity contribution in [3.8, 4) is 5.75 Å². The van der Waals surface area contributed by atoms with E-state index < -0.39 is 17.8 Å². The van der Waals surface area contributed by atoms with Gasteiger partial charge in [0.1, 0.15) is 18.2 Å². The number of urea groups is 1. The molecule has 2 rings (SSSR count). The summed E-state index contributed by atoms with van der Waals surface area (Å²) >= 11 is 5.99. The predicted molar refractivity (Wildman–Crippen MR) is 91.7 cm³/mol. The van der Waals surface area contributed by atoms with Crippen LogP contribution in [0.15, 0.2) is 42.5 Å². The number of carbonyl (C=O) groups is 2. The molecular formula is C17H16ClFN2O4. The quantitative estimate of drug-likeness (QED) is 0.606. The Bertz CT molecular complexity index is 770. The lowest BCUT2D eigenvalue weighted by molar-refractivity contribution is 0.0600. The summed E-state index contributed by atoms with van der Waals surface area (Å²) in [5.74, 6) is -0.567. The fraction of sp³-hybridized carbons (Fsp3) is 0.176. The zero-order valence-corrected chi connectivity index (χ0v) is 14.1. The van der Waals surface area contributed by atoms with Crippen molar-refractivity contribution >= 4 is 29.3 Å². The van der Waals surface area contributed by atoms with Crippen LogP contribution in [0.3, 0.4) is 0 Å². The fourth-order valence-electron chi connectivity index (χ4n) is 1.92. The third-order valence-electron chi connectivity index (χ3n) is 3.09. The Kier molecular flexibility index (Phi) is 6.59. The molecule has 2 aromatic carbocycles. The minimum absolute atomic E-state index is 0.160. The maximum Gasteiger partial charge on any atom is 0.337 e. The molecule has 0 aliphatic rings. The molecule has 0 atom stereocenters. The van der Waals surface area contributed by atoms with Crippen molar-refractivity contribution in [2.45, 2.75) is 0 Å². The maximum atomic E-state index is 13.0. The van der Waals surface area contributed by atoms with Gasteiger partial charge in [0.2, 0.25) is 0 Å². The summed E-state index contributed by atoms with van der Waals surface area (Å²) in [4.78, 5) is 23.4. The molecule has 25 heavy (non-hydrogen) atoms. The number of hydrogen-bond donors (Lipinski definition) is 2. The Hall–Kier alpha value is -2.80. The fourth-order valence-corrected chi connectivity index (χ4v) is 2.09. The summed E-state index contributed by atoms with van der Waals surface area (Å²) in [7, 11) is 1.26. The highest BCUT2D eigenvalue weighted by Crippen LogP contribution is 2.23. The molecule has 0 aliphatic carbocycles. The maximum absolute atomic E-state index is 13.0. The molecule has 2 N–H and O–H groups in total. The van der Waals surface area contributed by atoms with Gasteiger partial charge in [0.05, 0.1) is 29.9 Å². The summed E-state index contributed by atoms with van der Waals surface area (Å²) in [6.07, 6.45) is 0. The molecule has 0 fully saturated rings. The number of amides is 2. The molecular weight excluding hydrogens is 351 g/mol. The summed E-state index contributed by atoms with van der Waals surface area (Å²) in [5, 5.41) is 5.37. The lowest BCUT2D eigenvalue weighted by Crippen LogP contribution is -2.32. The van der Waals surface area contributed by atoms with Crippen molar-refractivity contribution in [3.63, 3.8) is 0 Å². The summed E-state index contributed by atoms with van der Waals surface area (Å²) < 4.78 is 22.9. The minimum Gasteiger partial charge on any atom is -0.492 e. The van der Waals surface area contributed by atoms with Gasteiger partial charge in [-0.15, -0.1) is 0 Å². The average molecular weight is 367 g/mol. The first-order valence-corrected chi connectivity index (χ1v) is 7.68. The predicted octanol–water partition coefficient (Wildman–Crippen LogP) is 3.47. The van der Waals surface area contributed by atoms with Crippen LogP contribution < -0.4 is 15.4 Å². The third-order valence-corrected chi connectivity index (χ3v) is 3.42. The number of anilines is 1. The molecule has 0 unspecified atom stereocenters. The number of nitrogens with one attached hydrogen (secondary N) is 2. The summed E-state index contributed by atoms with van der Waals surface area (Å²) in [6, 6.07) is 9.56. The van der Waals surface area contributed by atoms with E-state index in [1.165, 1.54) is 43.5 Å². The number of methoxy groups -OCH3 is 1. The van der Waals surface area contributed by atoms with Gasteiger partial charge in [-0.3, -0.25) is 0 Å². The van der Waals surface area contributed by atoms with Gasteiger partial charge in [0.25, 0.3) is 0 Å². The van der Waals surface area contributed by atoms with Crippen molar-refractivity contribution in [1.29, 1.82) is 0 Å². The molecule has 0 spiro atoms. The van der Waals surface area contributed by atoms with Crippen LogP contribution in [0.1, 0.15) is 10.4 Å². The smallest absolute Gasteiger partial charge is 0.337 e. The van der Waals surface area contributed by atoms with Crippen LogP contribution in [0.2, 0.25) is 5.02 Å². The largest absolute Gasteiger partial charge is 0.492 e. The Labute approximate surface area is 148 Å². The first-order chi connectivity index (χ1) is 12.0. The van der Waals surface area contributed by atoms with Crippen molar-refractivity contribution in [3.05, 3.63) is 58.9 Å². The summed E-state index contributed by atoms with van der Waals surface area (Å²) in [5.41, 5.74) is 0.532.